The van der Waals surface area contributed by atoms with Gasteiger partial charge in [0.05, 0.1) is 17.8 Å². The molecule has 2 amide bonds. The summed E-state index contributed by atoms with van der Waals surface area (Å²) in [4.78, 5) is 18.5. The highest BCUT2D eigenvalue weighted by molar-refractivity contribution is 5.75. The second-order valence-electron chi connectivity index (χ2n) is 7.53. The van der Waals surface area contributed by atoms with Gasteiger partial charge in [0.1, 0.15) is 5.82 Å². The van der Waals surface area contributed by atoms with Crippen molar-refractivity contribution in [1.29, 1.82) is 0 Å². The molecule has 0 radical (unpaired) electrons. The van der Waals surface area contributed by atoms with E-state index in [1.165, 1.54) is 12.1 Å². The lowest BCUT2D eigenvalue weighted by atomic mass is 9.97. The Morgan fingerprint density at radius 2 is 1.81 bits per heavy atom. The number of carbonyl (C=O) groups is 1. The minimum absolute atomic E-state index is 0.194. The van der Waals surface area contributed by atoms with Crippen LogP contribution >= 0.6 is 0 Å². The van der Waals surface area contributed by atoms with E-state index in [9.17, 15) is 18.0 Å². The zero-order chi connectivity index (χ0) is 22.7. The third kappa shape index (κ3) is 4.93. The first-order valence-corrected chi connectivity index (χ1v) is 10.1. The van der Waals surface area contributed by atoms with Gasteiger partial charge in [-0.1, -0.05) is 18.2 Å². The number of pyridine rings is 1. The Kier molecular flexibility index (Phi) is 5.89. The fourth-order valence-corrected chi connectivity index (χ4v) is 3.67. The lowest BCUT2D eigenvalue weighted by molar-refractivity contribution is -0.137. The molecule has 9 heteroatoms. The lowest BCUT2D eigenvalue weighted by Gasteiger charge is -2.30. The predicted molar refractivity (Wildman–Crippen MR) is 116 cm³/mol. The Bertz CT molecular complexity index is 1120. The number of carbonyl (C=O) groups excluding carboxylic acids is 1. The molecular formula is C23H22F3N5O. The molecule has 4 N–H and O–H groups in total. The molecule has 32 heavy (non-hydrogen) atoms. The standard InChI is InChI=1S/C23H22F3N5O/c24-23(25,26)16-7-9-17(10-8-16)29-20-5-1-3-15-14-31(12-11-19(15)20)22(32)28-13-18-4-2-6-21(27)30-18/h1-10,29H,11-14H2,(H2,27,30)(H,28,32). The summed E-state index contributed by atoms with van der Waals surface area (Å²) in [5.74, 6) is 0.400. The highest BCUT2D eigenvalue weighted by Crippen LogP contribution is 2.32. The fourth-order valence-electron chi connectivity index (χ4n) is 3.67. The largest absolute Gasteiger partial charge is 0.416 e. The van der Waals surface area contributed by atoms with E-state index < -0.39 is 11.7 Å². The minimum atomic E-state index is -4.36. The Morgan fingerprint density at radius 3 is 2.53 bits per heavy atom. The molecule has 0 spiro atoms. The molecule has 3 aromatic rings. The van der Waals surface area contributed by atoms with Crippen molar-refractivity contribution in [3.63, 3.8) is 0 Å². The normalized spacial score (nSPS) is 13.4. The summed E-state index contributed by atoms with van der Waals surface area (Å²) >= 11 is 0. The summed E-state index contributed by atoms with van der Waals surface area (Å²) < 4.78 is 38.3. The number of halogens is 3. The first-order valence-electron chi connectivity index (χ1n) is 10.1. The maximum absolute atomic E-state index is 12.8. The molecule has 4 rings (SSSR count). The number of urea groups is 1. The van der Waals surface area contributed by atoms with E-state index in [4.69, 9.17) is 5.73 Å². The first-order chi connectivity index (χ1) is 15.3. The third-order valence-electron chi connectivity index (χ3n) is 5.29. The SMILES string of the molecule is Nc1cccc(CNC(=O)N2CCc3c(cccc3Nc3ccc(C(F)(F)F)cc3)C2)n1. The van der Waals surface area contributed by atoms with Crippen molar-refractivity contribution < 1.29 is 18.0 Å². The quantitative estimate of drug-likeness (QED) is 0.548. The minimum Gasteiger partial charge on any atom is -0.384 e. The van der Waals surface area contributed by atoms with Crippen molar-refractivity contribution in [3.8, 4) is 0 Å². The van der Waals surface area contributed by atoms with Crippen LogP contribution in [-0.2, 0) is 25.7 Å². The van der Waals surface area contributed by atoms with Gasteiger partial charge in [0.25, 0.3) is 0 Å². The average Bonchev–Trinajstić information content (AvgIpc) is 2.77. The third-order valence-corrected chi connectivity index (χ3v) is 5.29. The van der Waals surface area contributed by atoms with Crippen molar-refractivity contribution >= 4 is 23.2 Å². The van der Waals surface area contributed by atoms with Gasteiger partial charge in [-0.2, -0.15) is 13.2 Å². The Labute approximate surface area is 183 Å². The molecule has 2 aromatic carbocycles. The monoisotopic (exact) mass is 441 g/mol. The number of nitrogen functional groups attached to an aromatic ring is 1. The fraction of sp³-hybridized carbons (Fsp3) is 0.217. The van der Waals surface area contributed by atoms with E-state index >= 15 is 0 Å². The second-order valence-corrected chi connectivity index (χ2v) is 7.53. The maximum Gasteiger partial charge on any atom is 0.416 e. The van der Waals surface area contributed by atoms with Crippen LogP contribution in [0.4, 0.5) is 35.2 Å². The average molecular weight is 441 g/mol. The summed E-state index contributed by atoms with van der Waals surface area (Å²) in [5.41, 5.74) is 9.10. The number of hydrogen-bond donors (Lipinski definition) is 3. The summed E-state index contributed by atoms with van der Waals surface area (Å²) in [6, 6.07) is 15.7. The van der Waals surface area contributed by atoms with Crippen molar-refractivity contribution in [2.45, 2.75) is 25.7 Å². The van der Waals surface area contributed by atoms with E-state index in [0.717, 1.165) is 28.9 Å². The van der Waals surface area contributed by atoms with Gasteiger partial charge in [-0.3, -0.25) is 0 Å². The van der Waals surface area contributed by atoms with Crippen LogP contribution in [0.15, 0.2) is 60.7 Å². The van der Waals surface area contributed by atoms with Gasteiger partial charge < -0.3 is 21.3 Å². The zero-order valence-electron chi connectivity index (χ0n) is 17.1. The Balaban J connectivity index is 1.41. The number of amides is 2. The van der Waals surface area contributed by atoms with Gasteiger partial charge in [-0.25, -0.2) is 9.78 Å². The summed E-state index contributed by atoms with van der Waals surface area (Å²) in [5, 5.41) is 6.06. The molecule has 1 aliphatic rings. The first kappa shape index (κ1) is 21.5. The number of nitrogens with zero attached hydrogens (tertiary/aromatic N) is 2. The number of nitrogens with one attached hydrogen (secondary N) is 2. The molecule has 0 atom stereocenters. The van der Waals surface area contributed by atoms with Crippen LogP contribution in [0.1, 0.15) is 22.4 Å². The molecule has 1 aromatic heterocycles. The lowest BCUT2D eigenvalue weighted by Crippen LogP contribution is -2.42. The number of benzene rings is 2. The van der Waals surface area contributed by atoms with Crippen LogP contribution in [-0.4, -0.2) is 22.5 Å². The molecule has 166 valence electrons. The van der Waals surface area contributed by atoms with Crippen molar-refractivity contribution in [2.75, 3.05) is 17.6 Å². The number of anilines is 3. The van der Waals surface area contributed by atoms with E-state index in [1.54, 1.807) is 23.1 Å². The van der Waals surface area contributed by atoms with Gasteiger partial charge in [0.2, 0.25) is 0 Å². The number of fused-ring (bicyclic) bond motifs is 1. The van der Waals surface area contributed by atoms with Crippen LogP contribution in [0.5, 0.6) is 0 Å². The smallest absolute Gasteiger partial charge is 0.384 e. The molecule has 0 saturated heterocycles. The van der Waals surface area contributed by atoms with Crippen LogP contribution in [0.2, 0.25) is 0 Å². The van der Waals surface area contributed by atoms with Gasteiger partial charge in [-0.15, -0.1) is 0 Å². The molecule has 0 fully saturated rings. The highest BCUT2D eigenvalue weighted by atomic mass is 19.4. The highest BCUT2D eigenvalue weighted by Gasteiger charge is 2.30. The summed E-state index contributed by atoms with van der Waals surface area (Å²) in [6.07, 6.45) is -3.74. The Morgan fingerprint density at radius 1 is 1.06 bits per heavy atom. The van der Waals surface area contributed by atoms with Gasteiger partial charge in [-0.05, 0) is 60.0 Å². The van der Waals surface area contributed by atoms with E-state index in [0.29, 0.717) is 36.7 Å². The molecule has 0 aliphatic carbocycles. The van der Waals surface area contributed by atoms with Crippen LogP contribution in [0.25, 0.3) is 0 Å². The maximum atomic E-state index is 12.8. The Hall–Kier alpha value is -3.75. The molecule has 0 unspecified atom stereocenters. The van der Waals surface area contributed by atoms with Crippen LogP contribution in [0.3, 0.4) is 0 Å². The number of aromatic nitrogens is 1. The number of rotatable bonds is 4. The van der Waals surface area contributed by atoms with E-state index in [-0.39, 0.29) is 12.6 Å². The van der Waals surface area contributed by atoms with E-state index in [1.807, 2.05) is 18.2 Å². The molecule has 0 bridgehead atoms. The zero-order valence-corrected chi connectivity index (χ0v) is 17.1. The van der Waals surface area contributed by atoms with Crippen molar-refractivity contribution in [1.82, 2.24) is 15.2 Å². The van der Waals surface area contributed by atoms with Gasteiger partial charge in [0, 0.05) is 24.5 Å². The van der Waals surface area contributed by atoms with Gasteiger partial charge >= 0.3 is 12.2 Å². The molecule has 0 saturated carbocycles. The van der Waals surface area contributed by atoms with Crippen LogP contribution in [0, 0.1) is 0 Å². The summed E-state index contributed by atoms with van der Waals surface area (Å²) in [6.45, 7) is 1.24. The molecular weight excluding hydrogens is 419 g/mol. The van der Waals surface area contributed by atoms with Crippen molar-refractivity contribution in [3.05, 3.63) is 83.0 Å². The van der Waals surface area contributed by atoms with Crippen LogP contribution < -0.4 is 16.4 Å². The molecule has 2 heterocycles. The molecule has 1 aliphatic heterocycles. The number of hydrogen-bond acceptors (Lipinski definition) is 4. The second kappa shape index (κ2) is 8.78. The topological polar surface area (TPSA) is 83.3 Å². The predicted octanol–water partition coefficient (Wildman–Crippen LogP) is 4.69. The number of alkyl halides is 3. The van der Waals surface area contributed by atoms with Gasteiger partial charge in [0.15, 0.2) is 0 Å². The summed E-state index contributed by atoms with van der Waals surface area (Å²) in [7, 11) is 0. The number of nitrogens with two attached hydrogens (primary N) is 1. The molecule has 6 nitrogen and oxygen atoms in total. The van der Waals surface area contributed by atoms with E-state index in [2.05, 4.69) is 15.6 Å². The van der Waals surface area contributed by atoms with Crippen molar-refractivity contribution in [2.24, 2.45) is 0 Å².